The minimum absolute atomic E-state index is 0.00331. The topological polar surface area (TPSA) is 63.6 Å². The molecule has 1 aromatic carbocycles. The fraction of sp³-hybridized carbons (Fsp3) is 0.467. The molecule has 0 saturated heterocycles. The summed E-state index contributed by atoms with van der Waals surface area (Å²) in [4.78, 5) is 22.3. The highest BCUT2D eigenvalue weighted by Crippen LogP contribution is 2.34. The smallest absolute Gasteiger partial charge is 0.372 e. The van der Waals surface area contributed by atoms with Gasteiger partial charge in [-0.15, -0.1) is 0 Å². The lowest BCUT2D eigenvalue weighted by atomic mass is 9.75. The maximum atomic E-state index is 11.5. The van der Waals surface area contributed by atoms with Crippen LogP contribution in [0, 0.1) is 0 Å². The Morgan fingerprint density at radius 2 is 2.05 bits per heavy atom. The number of rotatable bonds is 7. The fourth-order valence-corrected chi connectivity index (χ4v) is 2.32. The summed E-state index contributed by atoms with van der Waals surface area (Å²) in [6.07, 6.45) is 1.63. The normalized spacial score (nSPS) is 13.6. The van der Waals surface area contributed by atoms with Crippen LogP contribution >= 0.6 is 0 Å². The Balaban J connectivity index is 3.09. The van der Waals surface area contributed by atoms with Gasteiger partial charge in [0.1, 0.15) is 5.75 Å². The van der Waals surface area contributed by atoms with E-state index in [9.17, 15) is 9.59 Å². The summed E-state index contributed by atoms with van der Waals surface area (Å²) in [6, 6.07) is 7.46. The lowest BCUT2D eigenvalue weighted by molar-refractivity contribution is -0.149. The first-order valence-electron chi connectivity index (χ1n) is 6.33. The Morgan fingerprint density at radius 3 is 2.58 bits per heavy atom. The first kappa shape index (κ1) is 15.2. The van der Waals surface area contributed by atoms with Crippen molar-refractivity contribution in [1.82, 2.24) is 0 Å². The molecule has 0 saturated carbocycles. The summed E-state index contributed by atoms with van der Waals surface area (Å²) >= 11 is 0. The number of hydrogen-bond acceptors (Lipinski definition) is 3. The summed E-state index contributed by atoms with van der Waals surface area (Å²) in [5.41, 5.74) is 0.460. The molecule has 4 nitrogen and oxygen atoms in total. The number of benzene rings is 1. The number of carbonyl (C=O) groups excluding carboxylic acids is 1. The van der Waals surface area contributed by atoms with Crippen LogP contribution in [0.5, 0.6) is 5.75 Å². The molecule has 0 aromatic heterocycles. The molecule has 104 valence electrons. The van der Waals surface area contributed by atoms with Gasteiger partial charge in [-0.05, 0) is 24.1 Å². The number of methoxy groups -OCH3 is 1. The van der Waals surface area contributed by atoms with Gasteiger partial charge in [0.15, 0.2) is 0 Å². The number of ketones is 1. The molecular formula is C15H20O4. The van der Waals surface area contributed by atoms with Gasteiger partial charge in [0.25, 0.3) is 0 Å². The van der Waals surface area contributed by atoms with E-state index in [1.165, 1.54) is 0 Å². The molecule has 0 aliphatic heterocycles. The molecule has 0 spiro atoms. The second-order valence-corrected chi connectivity index (χ2v) is 4.95. The van der Waals surface area contributed by atoms with Crippen molar-refractivity contribution in [2.45, 2.75) is 38.5 Å². The number of Topliss-reactive ketones (excluding diaryl/α,β-unsaturated/α-hetero) is 1. The number of carboxylic acid groups (broad SMARTS) is 1. The average Bonchev–Trinajstić information content (AvgIpc) is 2.38. The number of carboxylic acids is 1. The number of carbonyl (C=O) groups is 2. The maximum Gasteiger partial charge on any atom is 0.372 e. The van der Waals surface area contributed by atoms with E-state index in [2.05, 4.69) is 0 Å². The van der Waals surface area contributed by atoms with Gasteiger partial charge in [-0.3, -0.25) is 4.79 Å². The van der Waals surface area contributed by atoms with Crippen LogP contribution in [0.15, 0.2) is 24.3 Å². The molecule has 0 aliphatic rings. The Bertz CT molecular complexity index is 467. The van der Waals surface area contributed by atoms with Crippen molar-refractivity contribution in [3.8, 4) is 5.75 Å². The highest BCUT2D eigenvalue weighted by Gasteiger charge is 2.31. The summed E-state index contributed by atoms with van der Waals surface area (Å²) < 4.78 is 5.18. The maximum absolute atomic E-state index is 11.5. The fourth-order valence-electron chi connectivity index (χ4n) is 2.32. The monoisotopic (exact) mass is 264 g/mol. The summed E-state index contributed by atoms with van der Waals surface area (Å²) in [5, 5.41) is 8.79. The van der Waals surface area contributed by atoms with E-state index in [1.54, 1.807) is 7.11 Å². The Labute approximate surface area is 113 Å². The average molecular weight is 264 g/mol. The molecule has 1 rings (SSSR count). The van der Waals surface area contributed by atoms with Crippen LogP contribution in [-0.4, -0.2) is 24.0 Å². The predicted octanol–water partition coefficient (Wildman–Crippen LogP) is 2.80. The van der Waals surface area contributed by atoms with Crippen LogP contribution < -0.4 is 4.74 Å². The Morgan fingerprint density at radius 1 is 1.37 bits per heavy atom. The van der Waals surface area contributed by atoms with Crippen LogP contribution in [0.2, 0.25) is 0 Å². The molecule has 0 radical (unpaired) electrons. The van der Waals surface area contributed by atoms with Crippen molar-refractivity contribution in [3.63, 3.8) is 0 Å². The minimum Gasteiger partial charge on any atom is -0.497 e. The zero-order chi connectivity index (χ0) is 14.5. The molecular weight excluding hydrogens is 244 g/mol. The summed E-state index contributed by atoms with van der Waals surface area (Å²) in [7, 11) is 1.58. The van der Waals surface area contributed by atoms with Crippen molar-refractivity contribution < 1.29 is 19.4 Å². The van der Waals surface area contributed by atoms with Gasteiger partial charge in [0.2, 0.25) is 5.78 Å². The van der Waals surface area contributed by atoms with Gasteiger partial charge in [-0.2, -0.15) is 0 Å². The van der Waals surface area contributed by atoms with Crippen LogP contribution in [0.3, 0.4) is 0 Å². The van der Waals surface area contributed by atoms with Gasteiger partial charge >= 0.3 is 5.97 Å². The van der Waals surface area contributed by atoms with E-state index in [4.69, 9.17) is 9.84 Å². The first-order valence-corrected chi connectivity index (χ1v) is 6.33. The van der Waals surface area contributed by atoms with E-state index in [0.29, 0.717) is 5.75 Å². The molecule has 19 heavy (non-hydrogen) atoms. The third-order valence-electron chi connectivity index (χ3n) is 3.36. The van der Waals surface area contributed by atoms with E-state index in [-0.39, 0.29) is 6.42 Å². The molecule has 1 unspecified atom stereocenters. The number of aliphatic carboxylic acids is 1. The van der Waals surface area contributed by atoms with Crippen LogP contribution in [0.25, 0.3) is 0 Å². The zero-order valence-corrected chi connectivity index (χ0v) is 11.6. The second kappa shape index (κ2) is 6.36. The molecule has 1 N–H and O–H groups in total. The van der Waals surface area contributed by atoms with E-state index in [1.807, 2.05) is 38.1 Å². The molecule has 0 heterocycles. The first-order chi connectivity index (χ1) is 8.92. The van der Waals surface area contributed by atoms with Crippen molar-refractivity contribution in [2.24, 2.45) is 0 Å². The molecule has 0 amide bonds. The standard InChI is InChI=1S/C15H20O4/c1-4-8-15(2,10-13(16)14(17)18)11-6-5-7-12(9-11)19-3/h5-7,9H,4,8,10H2,1-3H3,(H,17,18). The quantitative estimate of drug-likeness (QED) is 0.769. The van der Waals surface area contributed by atoms with Crippen molar-refractivity contribution in [3.05, 3.63) is 29.8 Å². The third-order valence-corrected chi connectivity index (χ3v) is 3.36. The SMILES string of the molecule is CCCC(C)(CC(=O)C(=O)O)c1cccc(OC)c1. The highest BCUT2D eigenvalue weighted by molar-refractivity contribution is 6.32. The van der Waals surface area contributed by atoms with Gasteiger partial charge in [-0.1, -0.05) is 32.4 Å². The molecule has 0 bridgehead atoms. The van der Waals surface area contributed by atoms with Gasteiger partial charge in [0, 0.05) is 11.8 Å². The minimum atomic E-state index is -1.37. The molecule has 4 heteroatoms. The highest BCUT2D eigenvalue weighted by atomic mass is 16.5. The van der Waals surface area contributed by atoms with E-state index < -0.39 is 17.2 Å². The second-order valence-electron chi connectivity index (χ2n) is 4.95. The van der Waals surface area contributed by atoms with Crippen molar-refractivity contribution >= 4 is 11.8 Å². The van der Waals surface area contributed by atoms with Gasteiger partial charge in [0.05, 0.1) is 7.11 Å². The van der Waals surface area contributed by atoms with Crippen molar-refractivity contribution in [2.75, 3.05) is 7.11 Å². The lowest BCUT2D eigenvalue weighted by Gasteiger charge is -2.29. The van der Waals surface area contributed by atoms with E-state index >= 15 is 0 Å². The molecule has 1 atom stereocenters. The largest absolute Gasteiger partial charge is 0.497 e. The molecule has 1 aromatic rings. The third kappa shape index (κ3) is 3.81. The van der Waals surface area contributed by atoms with E-state index in [0.717, 1.165) is 18.4 Å². The number of hydrogen-bond donors (Lipinski definition) is 1. The summed E-state index contributed by atoms with van der Waals surface area (Å²) in [6.45, 7) is 3.94. The zero-order valence-electron chi connectivity index (χ0n) is 11.6. The van der Waals surface area contributed by atoms with Crippen molar-refractivity contribution in [1.29, 1.82) is 0 Å². The predicted molar refractivity (Wildman–Crippen MR) is 72.5 cm³/mol. The van der Waals surface area contributed by atoms with Crippen LogP contribution in [0.1, 0.15) is 38.7 Å². The number of ether oxygens (including phenoxy) is 1. The van der Waals surface area contributed by atoms with Gasteiger partial charge in [-0.25, -0.2) is 4.79 Å². The lowest BCUT2D eigenvalue weighted by Crippen LogP contribution is -2.29. The van der Waals surface area contributed by atoms with Crippen LogP contribution in [-0.2, 0) is 15.0 Å². The van der Waals surface area contributed by atoms with Gasteiger partial charge < -0.3 is 9.84 Å². The summed E-state index contributed by atoms with van der Waals surface area (Å²) in [5.74, 6) is -1.41. The Hall–Kier alpha value is -1.84. The molecule has 0 fully saturated rings. The molecule has 0 aliphatic carbocycles. The van der Waals surface area contributed by atoms with Crippen LogP contribution in [0.4, 0.5) is 0 Å². The Kier molecular flexibility index (Phi) is 5.10.